The van der Waals surface area contributed by atoms with Crippen LogP contribution < -0.4 is 10.9 Å². The number of carbonyl (C=O) groups is 1. The Hall–Kier alpha value is -3.14. The van der Waals surface area contributed by atoms with Gasteiger partial charge in [-0.3, -0.25) is 9.59 Å². The van der Waals surface area contributed by atoms with E-state index in [9.17, 15) is 9.59 Å². The van der Waals surface area contributed by atoms with Gasteiger partial charge in [0.15, 0.2) is 0 Å². The van der Waals surface area contributed by atoms with E-state index in [2.05, 4.69) is 12.2 Å². The van der Waals surface area contributed by atoms with Crippen molar-refractivity contribution in [3.63, 3.8) is 0 Å². The van der Waals surface area contributed by atoms with Crippen LogP contribution >= 0.6 is 0 Å². The quantitative estimate of drug-likeness (QED) is 0.646. The largest absolute Gasteiger partial charge is 0.322 e. The second-order valence-electron chi connectivity index (χ2n) is 7.10. The van der Waals surface area contributed by atoms with Gasteiger partial charge in [0.1, 0.15) is 5.56 Å². The summed E-state index contributed by atoms with van der Waals surface area (Å²) in [6.07, 6.45) is 5.05. The van der Waals surface area contributed by atoms with Gasteiger partial charge in [0.05, 0.1) is 6.54 Å². The number of hydrogen-bond acceptors (Lipinski definition) is 2. The zero-order chi connectivity index (χ0) is 19.9. The summed E-state index contributed by atoms with van der Waals surface area (Å²) >= 11 is 0. The molecule has 0 atom stereocenters. The Balaban J connectivity index is 1.74. The normalized spacial score (nSPS) is 10.6. The third-order valence-electron chi connectivity index (χ3n) is 4.73. The molecule has 0 bridgehead atoms. The van der Waals surface area contributed by atoms with E-state index in [0.717, 1.165) is 30.4 Å². The Morgan fingerprint density at radius 1 is 1.00 bits per heavy atom. The maximum absolute atomic E-state index is 12.8. The zero-order valence-corrected chi connectivity index (χ0v) is 16.4. The number of nitrogens with one attached hydrogen (secondary N) is 1. The number of aryl methyl sites for hydroxylation is 2. The van der Waals surface area contributed by atoms with Gasteiger partial charge in [-0.15, -0.1) is 0 Å². The average Bonchev–Trinajstić information content (AvgIpc) is 2.69. The van der Waals surface area contributed by atoms with E-state index in [1.807, 2.05) is 55.5 Å². The topological polar surface area (TPSA) is 51.1 Å². The molecule has 28 heavy (non-hydrogen) atoms. The molecule has 4 nitrogen and oxygen atoms in total. The average molecular weight is 374 g/mol. The molecule has 4 heteroatoms. The summed E-state index contributed by atoms with van der Waals surface area (Å²) in [7, 11) is 0. The van der Waals surface area contributed by atoms with Crippen LogP contribution in [0.15, 0.2) is 71.7 Å². The highest BCUT2D eigenvalue weighted by molar-refractivity contribution is 6.03. The highest BCUT2D eigenvalue weighted by Crippen LogP contribution is 2.13. The number of anilines is 1. The summed E-state index contributed by atoms with van der Waals surface area (Å²) in [5, 5.41) is 2.83. The van der Waals surface area contributed by atoms with Gasteiger partial charge in [-0.2, -0.15) is 0 Å². The maximum Gasteiger partial charge on any atom is 0.263 e. The minimum Gasteiger partial charge on any atom is -0.322 e. The number of hydrogen-bond donors (Lipinski definition) is 1. The van der Waals surface area contributed by atoms with Crippen LogP contribution in [0.1, 0.15) is 46.8 Å². The lowest BCUT2D eigenvalue weighted by Gasteiger charge is -2.10. The molecule has 1 aromatic heterocycles. The minimum atomic E-state index is -0.384. The smallest absolute Gasteiger partial charge is 0.263 e. The Morgan fingerprint density at radius 2 is 1.79 bits per heavy atom. The molecule has 144 valence electrons. The molecule has 0 spiro atoms. The van der Waals surface area contributed by atoms with Crippen LogP contribution in [-0.4, -0.2) is 10.5 Å². The van der Waals surface area contributed by atoms with Crippen LogP contribution in [0.4, 0.5) is 5.69 Å². The van der Waals surface area contributed by atoms with Crippen molar-refractivity contribution in [2.45, 2.75) is 39.7 Å². The van der Waals surface area contributed by atoms with Crippen LogP contribution in [-0.2, 0) is 13.0 Å². The molecule has 0 saturated carbocycles. The number of carbonyl (C=O) groups excluding carboxylic acids is 1. The fraction of sp³-hybridized carbons (Fsp3) is 0.250. The number of amides is 1. The van der Waals surface area contributed by atoms with Crippen molar-refractivity contribution in [1.29, 1.82) is 0 Å². The maximum atomic E-state index is 12.8. The first kappa shape index (κ1) is 19.6. The lowest BCUT2D eigenvalue weighted by Crippen LogP contribution is -2.29. The number of nitrogens with zero attached hydrogens (tertiary/aromatic N) is 1. The summed E-state index contributed by atoms with van der Waals surface area (Å²) in [6, 6.07) is 19.1. The van der Waals surface area contributed by atoms with Crippen LogP contribution in [0.3, 0.4) is 0 Å². The molecule has 2 aromatic carbocycles. The molecule has 0 fully saturated rings. The number of benzene rings is 2. The molecular weight excluding hydrogens is 348 g/mol. The van der Waals surface area contributed by atoms with Crippen LogP contribution in [0.2, 0.25) is 0 Å². The molecule has 1 N–H and O–H groups in total. The first-order valence-electron chi connectivity index (χ1n) is 9.72. The molecule has 3 aromatic rings. The Bertz CT molecular complexity index is 1000. The minimum absolute atomic E-state index is 0.144. The zero-order valence-electron chi connectivity index (χ0n) is 16.4. The van der Waals surface area contributed by atoms with Gasteiger partial charge in [-0.25, -0.2) is 0 Å². The Morgan fingerprint density at radius 3 is 2.50 bits per heavy atom. The van der Waals surface area contributed by atoms with Crippen molar-refractivity contribution in [2.24, 2.45) is 0 Å². The molecule has 0 radical (unpaired) electrons. The van der Waals surface area contributed by atoms with Gasteiger partial charge in [-0.1, -0.05) is 55.3 Å². The van der Waals surface area contributed by atoms with Gasteiger partial charge >= 0.3 is 0 Å². The lowest BCUT2D eigenvalue weighted by molar-refractivity contribution is 0.102. The molecular formula is C24H26N2O2. The molecule has 0 aliphatic rings. The molecule has 0 aliphatic carbocycles. The van der Waals surface area contributed by atoms with Gasteiger partial charge < -0.3 is 9.88 Å². The van der Waals surface area contributed by atoms with E-state index in [1.165, 1.54) is 5.56 Å². The summed E-state index contributed by atoms with van der Waals surface area (Å²) in [4.78, 5) is 25.4. The van der Waals surface area contributed by atoms with Crippen molar-refractivity contribution in [2.75, 3.05) is 5.32 Å². The lowest BCUT2D eigenvalue weighted by atomic mass is 10.1. The van der Waals surface area contributed by atoms with Crippen molar-refractivity contribution < 1.29 is 4.79 Å². The van der Waals surface area contributed by atoms with E-state index in [0.29, 0.717) is 12.2 Å². The summed E-state index contributed by atoms with van der Waals surface area (Å²) in [6.45, 7) is 4.62. The fourth-order valence-electron chi connectivity index (χ4n) is 3.18. The number of rotatable bonds is 7. The summed E-state index contributed by atoms with van der Waals surface area (Å²) in [5.41, 5.74) is 3.97. The third kappa shape index (κ3) is 4.97. The number of pyridine rings is 1. The highest BCUT2D eigenvalue weighted by atomic mass is 16.2. The molecule has 0 aliphatic heterocycles. The fourth-order valence-corrected chi connectivity index (χ4v) is 3.18. The second-order valence-corrected chi connectivity index (χ2v) is 7.10. The Kier molecular flexibility index (Phi) is 6.43. The molecule has 0 saturated heterocycles. The van der Waals surface area contributed by atoms with Crippen LogP contribution in [0.25, 0.3) is 0 Å². The van der Waals surface area contributed by atoms with Crippen molar-refractivity contribution in [3.8, 4) is 0 Å². The highest BCUT2D eigenvalue weighted by Gasteiger charge is 2.12. The van der Waals surface area contributed by atoms with E-state index < -0.39 is 0 Å². The molecule has 0 unspecified atom stereocenters. The molecule has 3 rings (SSSR count). The van der Waals surface area contributed by atoms with E-state index in [4.69, 9.17) is 0 Å². The first-order valence-corrected chi connectivity index (χ1v) is 9.72. The predicted molar refractivity (Wildman–Crippen MR) is 114 cm³/mol. The summed E-state index contributed by atoms with van der Waals surface area (Å²) in [5.74, 6) is -0.384. The van der Waals surface area contributed by atoms with E-state index in [1.54, 1.807) is 22.9 Å². The summed E-state index contributed by atoms with van der Waals surface area (Å²) < 4.78 is 1.57. The van der Waals surface area contributed by atoms with Crippen molar-refractivity contribution in [1.82, 2.24) is 4.57 Å². The van der Waals surface area contributed by atoms with Gasteiger partial charge in [0.2, 0.25) is 0 Å². The van der Waals surface area contributed by atoms with Gasteiger partial charge in [-0.05, 0) is 55.2 Å². The number of aromatic nitrogens is 1. The van der Waals surface area contributed by atoms with Crippen molar-refractivity contribution >= 4 is 11.6 Å². The SMILES string of the molecule is CCCCc1ccc(NC(=O)c2cccn(Cc3cccc(C)c3)c2=O)cc1. The van der Waals surface area contributed by atoms with Gasteiger partial charge in [0.25, 0.3) is 11.5 Å². The van der Waals surface area contributed by atoms with E-state index in [-0.39, 0.29) is 17.0 Å². The monoisotopic (exact) mass is 374 g/mol. The van der Waals surface area contributed by atoms with E-state index >= 15 is 0 Å². The van der Waals surface area contributed by atoms with Crippen LogP contribution in [0.5, 0.6) is 0 Å². The van der Waals surface area contributed by atoms with Crippen molar-refractivity contribution in [3.05, 3.63) is 99.5 Å². The molecule has 1 amide bonds. The third-order valence-corrected chi connectivity index (χ3v) is 4.73. The first-order chi connectivity index (χ1) is 13.6. The van der Waals surface area contributed by atoms with Crippen LogP contribution in [0, 0.1) is 6.92 Å². The number of unbranched alkanes of at least 4 members (excludes halogenated alkanes) is 1. The standard InChI is InChI=1S/C24H26N2O2/c1-3-4-8-19-11-13-21(14-12-19)25-23(27)22-10-6-15-26(24(22)28)17-20-9-5-7-18(2)16-20/h5-7,9-16H,3-4,8,17H2,1-2H3,(H,25,27). The predicted octanol–water partition coefficient (Wildman–Crippen LogP) is 4.80. The van der Waals surface area contributed by atoms with Gasteiger partial charge in [0, 0.05) is 11.9 Å². The Labute approximate surface area is 165 Å². The molecule has 1 heterocycles. The second kappa shape index (κ2) is 9.18.